The van der Waals surface area contributed by atoms with Crippen molar-refractivity contribution in [3.63, 3.8) is 0 Å². The Morgan fingerprint density at radius 3 is 2.55 bits per heavy atom. The van der Waals surface area contributed by atoms with Crippen molar-refractivity contribution in [1.82, 2.24) is 0 Å². The zero-order valence-corrected chi connectivity index (χ0v) is 26.0. The molecule has 1 aromatic carbocycles. The molecule has 5 nitrogen and oxygen atoms in total. The van der Waals surface area contributed by atoms with Gasteiger partial charge in [0.1, 0.15) is 6.61 Å². The Morgan fingerprint density at radius 1 is 1.16 bits per heavy atom. The third-order valence-corrected chi connectivity index (χ3v) is 11.6. The van der Waals surface area contributed by atoms with Gasteiger partial charge in [-0.3, -0.25) is 4.79 Å². The van der Waals surface area contributed by atoms with E-state index in [1.165, 1.54) is 48.8 Å². The second-order valence-corrected chi connectivity index (χ2v) is 13.8. The standard InChI is InChI=1S/C36H43F3N2O3/c1-23-19-29-31-13-14-35(32(42)22-44-3,15-16-36(37,38)39)34(31,2)21-30(33(29)27-12-9-25(40-43)20-28(23)27)24-7-10-26(11-8-24)41-17-5-4-6-18-41/h7-8,10-11,20,23,29-31,43H,4-6,9,12-14,17-19,21-22H2,1-3H3/b40-25+/t23?,29-,30+,31-,34-,35-/m0/s1. The molecule has 1 saturated heterocycles. The number of carbonyl (C=O) groups excluding carboxylic acids is 1. The Balaban J connectivity index is 1.51. The summed E-state index contributed by atoms with van der Waals surface area (Å²) in [6, 6.07) is 8.78. The van der Waals surface area contributed by atoms with Gasteiger partial charge in [0.05, 0.1) is 11.1 Å². The summed E-state index contributed by atoms with van der Waals surface area (Å²) in [7, 11) is 1.41. The van der Waals surface area contributed by atoms with E-state index < -0.39 is 17.0 Å². The SMILES string of the molecule is COCC(=O)[C@@]1(C#CC(F)(F)F)CC[C@H]2[C@@H]3CC(C)C4=C/C(=N/O)CCC4=C3[C@@H](c3ccc(N4CCCCC4)cc3)C[C@@]21C. The Morgan fingerprint density at radius 2 is 1.89 bits per heavy atom. The number of benzene rings is 1. The van der Waals surface area contributed by atoms with Crippen molar-refractivity contribution >= 4 is 17.2 Å². The van der Waals surface area contributed by atoms with E-state index in [9.17, 15) is 23.2 Å². The molecule has 0 radical (unpaired) electrons. The molecule has 4 aliphatic carbocycles. The number of allylic oxidation sites excluding steroid dienone is 4. The number of halogens is 3. The van der Waals surface area contributed by atoms with Crippen LogP contribution in [0, 0.1) is 40.4 Å². The number of piperidine rings is 1. The van der Waals surface area contributed by atoms with Crippen LogP contribution in [0.25, 0.3) is 0 Å². The van der Waals surface area contributed by atoms with Gasteiger partial charge < -0.3 is 14.8 Å². The van der Waals surface area contributed by atoms with E-state index in [0.29, 0.717) is 31.4 Å². The number of fused-ring (bicyclic) bond motifs is 4. The Bertz CT molecular complexity index is 1440. The van der Waals surface area contributed by atoms with Crippen LogP contribution in [0.4, 0.5) is 18.9 Å². The summed E-state index contributed by atoms with van der Waals surface area (Å²) >= 11 is 0. The topological polar surface area (TPSA) is 62.1 Å². The van der Waals surface area contributed by atoms with Crippen LogP contribution in [-0.4, -0.2) is 49.7 Å². The van der Waals surface area contributed by atoms with Crippen LogP contribution in [0.15, 0.2) is 52.2 Å². The molecule has 3 fully saturated rings. The lowest BCUT2D eigenvalue weighted by Crippen LogP contribution is -2.52. The molecule has 0 spiro atoms. The van der Waals surface area contributed by atoms with Crippen LogP contribution in [0.5, 0.6) is 0 Å². The highest BCUT2D eigenvalue weighted by atomic mass is 19.4. The summed E-state index contributed by atoms with van der Waals surface area (Å²) in [5.41, 5.74) is 4.72. The number of ether oxygens (including phenoxy) is 1. The molecule has 5 aliphatic rings. The third-order valence-electron chi connectivity index (χ3n) is 11.6. The van der Waals surface area contributed by atoms with E-state index in [2.05, 4.69) is 47.2 Å². The normalized spacial score (nSPS) is 34.5. The molecule has 1 heterocycles. The molecule has 0 amide bonds. The third kappa shape index (κ3) is 5.19. The van der Waals surface area contributed by atoms with Crippen LogP contribution < -0.4 is 4.90 Å². The number of rotatable bonds is 5. The number of hydrogen-bond acceptors (Lipinski definition) is 5. The van der Waals surface area contributed by atoms with Crippen LogP contribution in [0.2, 0.25) is 0 Å². The maximum Gasteiger partial charge on any atom is 0.457 e. The van der Waals surface area contributed by atoms with E-state index in [0.717, 1.165) is 31.5 Å². The van der Waals surface area contributed by atoms with Crippen LogP contribution >= 0.6 is 0 Å². The van der Waals surface area contributed by atoms with Crippen molar-refractivity contribution in [2.75, 3.05) is 31.7 Å². The van der Waals surface area contributed by atoms with Crippen molar-refractivity contribution in [3.8, 4) is 11.8 Å². The fraction of sp³-hybridized carbons (Fsp3) is 0.611. The molecule has 1 unspecified atom stereocenters. The van der Waals surface area contributed by atoms with Crippen molar-refractivity contribution in [2.24, 2.45) is 33.7 Å². The molecule has 1 aromatic rings. The molecule has 6 atom stereocenters. The second kappa shape index (κ2) is 11.7. The first kappa shape index (κ1) is 31.0. The van der Waals surface area contributed by atoms with Gasteiger partial charge >= 0.3 is 6.18 Å². The first-order valence-corrected chi connectivity index (χ1v) is 16.2. The largest absolute Gasteiger partial charge is 0.457 e. The summed E-state index contributed by atoms with van der Waals surface area (Å²) in [6.07, 6.45) is 4.73. The molecule has 236 valence electrons. The lowest BCUT2D eigenvalue weighted by atomic mass is 9.47. The average Bonchev–Trinajstić information content (AvgIpc) is 3.32. The Hall–Kier alpha value is -3.05. The van der Waals surface area contributed by atoms with Gasteiger partial charge in [-0.15, -0.1) is 0 Å². The van der Waals surface area contributed by atoms with Gasteiger partial charge in [-0.25, -0.2) is 0 Å². The van der Waals surface area contributed by atoms with Crippen LogP contribution in [0.3, 0.4) is 0 Å². The number of ketones is 1. The minimum Gasteiger partial charge on any atom is -0.411 e. The fourth-order valence-electron chi connectivity index (χ4n) is 9.60. The smallest absolute Gasteiger partial charge is 0.411 e. The minimum absolute atomic E-state index is 0.0223. The first-order chi connectivity index (χ1) is 21.0. The summed E-state index contributed by atoms with van der Waals surface area (Å²) < 4.78 is 46.1. The van der Waals surface area contributed by atoms with E-state index in [1.54, 1.807) is 5.92 Å². The summed E-state index contributed by atoms with van der Waals surface area (Å²) in [5.74, 6) is 4.07. The highest BCUT2D eigenvalue weighted by Gasteiger charge is 2.66. The van der Waals surface area contributed by atoms with E-state index in [4.69, 9.17) is 4.74 Å². The molecule has 1 N–H and O–H groups in total. The van der Waals surface area contributed by atoms with Gasteiger partial charge in [-0.05, 0) is 116 Å². The number of carbonyl (C=O) groups is 1. The van der Waals surface area contributed by atoms with Crippen molar-refractivity contribution in [1.29, 1.82) is 0 Å². The molecule has 6 rings (SSSR count). The quantitative estimate of drug-likeness (QED) is 0.210. The average molecular weight is 609 g/mol. The van der Waals surface area contributed by atoms with Crippen LogP contribution in [0.1, 0.15) is 83.1 Å². The zero-order chi connectivity index (χ0) is 31.3. The Kier molecular flexibility index (Phi) is 8.24. The number of Topliss-reactive ketones (excluding diaryl/α,β-unsaturated/α-hetero) is 1. The predicted octanol–water partition coefficient (Wildman–Crippen LogP) is 7.85. The minimum atomic E-state index is -4.69. The summed E-state index contributed by atoms with van der Waals surface area (Å²) in [5, 5.41) is 13.1. The van der Waals surface area contributed by atoms with Gasteiger partial charge in [0.15, 0.2) is 5.78 Å². The maximum atomic E-state index is 13.9. The van der Waals surface area contributed by atoms with Gasteiger partial charge in [-0.1, -0.05) is 42.6 Å². The van der Waals surface area contributed by atoms with Crippen LogP contribution in [-0.2, 0) is 9.53 Å². The monoisotopic (exact) mass is 608 g/mol. The van der Waals surface area contributed by atoms with Gasteiger partial charge in [0.25, 0.3) is 0 Å². The number of methoxy groups -OCH3 is 1. The zero-order valence-electron chi connectivity index (χ0n) is 26.0. The number of alkyl halides is 3. The number of hydrogen-bond donors (Lipinski definition) is 1. The molecule has 1 aliphatic heterocycles. The van der Waals surface area contributed by atoms with Crippen molar-refractivity contribution in [3.05, 3.63) is 52.6 Å². The number of nitrogens with zero attached hydrogens (tertiary/aromatic N) is 2. The Labute approximate surface area is 258 Å². The fourth-order valence-corrected chi connectivity index (χ4v) is 9.60. The molecular weight excluding hydrogens is 565 g/mol. The highest BCUT2D eigenvalue weighted by Crippen LogP contribution is 2.70. The molecular formula is C36H43F3N2O3. The highest BCUT2D eigenvalue weighted by molar-refractivity contribution is 5.97. The molecule has 8 heteroatoms. The molecule has 44 heavy (non-hydrogen) atoms. The van der Waals surface area contributed by atoms with Crippen molar-refractivity contribution in [2.45, 2.75) is 83.7 Å². The number of oxime groups is 1. The lowest BCUT2D eigenvalue weighted by molar-refractivity contribution is -0.136. The summed E-state index contributed by atoms with van der Waals surface area (Å²) in [4.78, 5) is 16.3. The van der Waals surface area contributed by atoms with E-state index >= 15 is 0 Å². The molecule has 2 saturated carbocycles. The van der Waals surface area contributed by atoms with Crippen molar-refractivity contribution < 1.29 is 27.9 Å². The molecule has 0 aromatic heterocycles. The number of anilines is 1. The van der Waals surface area contributed by atoms with Gasteiger partial charge in [0, 0.05) is 37.7 Å². The second-order valence-electron chi connectivity index (χ2n) is 13.8. The first-order valence-electron chi connectivity index (χ1n) is 16.2. The van der Waals surface area contributed by atoms with E-state index in [-0.39, 0.29) is 36.1 Å². The predicted molar refractivity (Wildman–Crippen MR) is 165 cm³/mol. The maximum absolute atomic E-state index is 13.9. The van der Waals surface area contributed by atoms with Gasteiger partial charge in [-0.2, -0.15) is 13.2 Å². The lowest BCUT2D eigenvalue weighted by Gasteiger charge is -2.55. The summed E-state index contributed by atoms with van der Waals surface area (Å²) in [6.45, 7) is 6.06. The van der Waals surface area contributed by atoms with Gasteiger partial charge in [0.2, 0.25) is 0 Å². The van der Waals surface area contributed by atoms with E-state index in [1.807, 2.05) is 13.0 Å². The molecule has 0 bridgehead atoms.